The fourth-order valence-corrected chi connectivity index (χ4v) is 4.02. The molecule has 0 radical (unpaired) electrons. The number of unbranched alkanes of at least 4 members (excludes halogenated alkanes) is 9. The first-order valence-electron chi connectivity index (χ1n) is 12.7. The lowest BCUT2D eigenvalue weighted by atomic mass is 9.93. The molecule has 0 saturated carbocycles. The number of nitrogens with zero attached hydrogens (tertiary/aromatic N) is 1. The number of aromatic nitrogens is 1. The van der Waals surface area contributed by atoms with Crippen LogP contribution in [0.1, 0.15) is 102 Å². The number of allylic oxidation sites excluding steroid dienone is 2. The van der Waals surface area contributed by atoms with Gasteiger partial charge in [0.1, 0.15) is 6.61 Å². The first-order chi connectivity index (χ1) is 16.0. The number of aliphatic hydroxyl groups excluding tert-OH is 2. The van der Waals surface area contributed by atoms with Crippen molar-refractivity contribution in [2.24, 2.45) is 0 Å². The molecule has 4 N–H and O–H groups in total. The van der Waals surface area contributed by atoms with Crippen molar-refractivity contribution in [3.63, 3.8) is 0 Å². The van der Waals surface area contributed by atoms with Gasteiger partial charge in [-0.3, -0.25) is 9.36 Å². The lowest BCUT2D eigenvalue weighted by molar-refractivity contribution is -0.144. The number of hydrogen-bond donors (Lipinski definition) is 4. The van der Waals surface area contributed by atoms with Gasteiger partial charge in [-0.15, -0.1) is 0 Å². The summed E-state index contributed by atoms with van der Waals surface area (Å²) >= 11 is 0. The minimum absolute atomic E-state index is 0.0181. The summed E-state index contributed by atoms with van der Waals surface area (Å²) in [5, 5.41) is 38.6. The first-order valence-corrected chi connectivity index (χ1v) is 12.7. The van der Waals surface area contributed by atoms with E-state index in [4.69, 9.17) is 9.84 Å². The lowest BCUT2D eigenvalue weighted by Crippen LogP contribution is -2.07. The molecule has 1 atom stereocenters. The van der Waals surface area contributed by atoms with E-state index in [0.29, 0.717) is 12.0 Å². The van der Waals surface area contributed by atoms with E-state index >= 15 is 0 Å². The number of ether oxygens (including phenoxy) is 1. The van der Waals surface area contributed by atoms with Crippen LogP contribution in [0.3, 0.4) is 0 Å². The number of aliphatic hydroxyl groups is 2. The van der Waals surface area contributed by atoms with Crippen molar-refractivity contribution in [1.29, 1.82) is 0 Å². The second-order valence-corrected chi connectivity index (χ2v) is 8.64. The predicted molar refractivity (Wildman–Crippen MR) is 130 cm³/mol. The highest BCUT2D eigenvalue weighted by Crippen LogP contribution is 2.36. The molecule has 0 spiro atoms. The molecule has 1 rings (SSSR count). The van der Waals surface area contributed by atoms with E-state index in [1.54, 1.807) is 6.07 Å². The summed E-state index contributed by atoms with van der Waals surface area (Å²) in [5.74, 6) is -0.202. The van der Waals surface area contributed by atoms with E-state index in [2.05, 4.69) is 19.1 Å². The first kappa shape index (κ1) is 29.0. The van der Waals surface area contributed by atoms with E-state index in [1.807, 2.05) is 0 Å². The summed E-state index contributed by atoms with van der Waals surface area (Å²) < 4.78 is 6.20. The Kier molecular flexibility index (Phi) is 16.2. The third-order valence-corrected chi connectivity index (χ3v) is 5.89. The average Bonchev–Trinajstić information content (AvgIpc) is 3.08. The topological polar surface area (TPSA) is 112 Å². The minimum atomic E-state index is -0.252. The molecule has 0 aromatic carbocycles. The Morgan fingerprint density at radius 2 is 1.70 bits per heavy atom. The van der Waals surface area contributed by atoms with Crippen LogP contribution in [0.15, 0.2) is 18.2 Å². The van der Waals surface area contributed by atoms with Crippen LogP contribution in [0, 0.1) is 0 Å². The van der Waals surface area contributed by atoms with Crippen molar-refractivity contribution in [2.75, 3.05) is 19.8 Å². The van der Waals surface area contributed by atoms with E-state index in [1.165, 1.54) is 30.3 Å². The van der Waals surface area contributed by atoms with Gasteiger partial charge in [0, 0.05) is 24.0 Å². The van der Waals surface area contributed by atoms with Gasteiger partial charge in [-0.2, -0.15) is 0 Å². The van der Waals surface area contributed by atoms with Crippen LogP contribution in [0.2, 0.25) is 0 Å². The molecule has 1 aromatic rings. The minimum Gasteiger partial charge on any atom is -0.494 e. The summed E-state index contributed by atoms with van der Waals surface area (Å²) in [5.41, 5.74) is 0.715. The highest BCUT2D eigenvalue weighted by atomic mass is 16.5. The largest absolute Gasteiger partial charge is 0.494 e. The number of carbonyl (C=O) groups is 1. The van der Waals surface area contributed by atoms with E-state index in [9.17, 15) is 20.1 Å². The van der Waals surface area contributed by atoms with Crippen LogP contribution in [-0.4, -0.2) is 50.8 Å². The van der Waals surface area contributed by atoms with E-state index in [-0.39, 0.29) is 50.0 Å². The molecule has 1 unspecified atom stereocenters. The number of esters is 1. The molecule has 7 nitrogen and oxygen atoms in total. The second kappa shape index (κ2) is 18.4. The molecule has 33 heavy (non-hydrogen) atoms. The summed E-state index contributed by atoms with van der Waals surface area (Å²) in [6, 6.07) is 1.62. The SMILES string of the molecule is CCCCCCCCC(C=CCCCCCCC(=O)OCCO)c1cc(O)n(CCO)c1O. The Morgan fingerprint density at radius 3 is 2.42 bits per heavy atom. The molecule has 0 fully saturated rings. The van der Waals surface area contributed by atoms with Crippen molar-refractivity contribution in [1.82, 2.24) is 4.57 Å². The fourth-order valence-electron chi connectivity index (χ4n) is 4.02. The maximum absolute atomic E-state index is 11.4. The molecule has 7 heteroatoms. The van der Waals surface area contributed by atoms with Crippen LogP contribution >= 0.6 is 0 Å². The second-order valence-electron chi connectivity index (χ2n) is 8.64. The lowest BCUT2D eigenvalue weighted by Gasteiger charge is -2.13. The maximum Gasteiger partial charge on any atom is 0.305 e. The van der Waals surface area contributed by atoms with Crippen LogP contribution < -0.4 is 0 Å². The van der Waals surface area contributed by atoms with Crippen molar-refractivity contribution in [2.45, 2.75) is 103 Å². The summed E-state index contributed by atoms with van der Waals surface area (Å²) in [6.07, 6.45) is 17.5. The molecule has 0 aliphatic rings. The zero-order valence-corrected chi connectivity index (χ0v) is 20.4. The zero-order valence-electron chi connectivity index (χ0n) is 20.4. The molecule has 0 aliphatic heterocycles. The monoisotopic (exact) mass is 467 g/mol. The number of carbonyl (C=O) groups excluding carboxylic acids is 1. The van der Waals surface area contributed by atoms with Crippen molar-refractivity contribution in [3.05, 3.63) is 23.8 Å². The van der Waals surface area contributed by atoms with Gasteiger partial charge < -0.3 is 25.2 Å². The van der Waals surface area contributed by atoms with Crippen LogP contribution in [-0.2, 0) is 16.1 Å². The Morgan fingerprint density at radius 1 is 1.00 bits per heavy atom. The molecular formula is C26H45NO6. The van der Waals surface area contributed by atoms with Gasteiger partial charge in [0.05, 0.1) is 19.8 Å². The molecule has 0 aliphatic carbocycles. The van der Waals surface area contributed by atoms with Crippen LogP contribution in [0.5, 0.6) is 11.8 Å². The third kappa shape index (κ3) is 12.2. The van der Waals surface area contributed by atoms with Crippen molar-refractivity contribution < 1.29 is 30.0 Å². The van der Waals surface area contributed by atoms with Gasteiger partial charge in [-0.05, 0) is 25.7 Å². The predicted octanol–water partition coefficient (Wildman–Crippen LogP) is 5.16. The highest BCUT2D eigenvalue weighted by Gasteiger charge is 2.19. The maximum atomic E-state index is 11.4. The quantitative estimate of drug-likeness (QED) is 0.120. The average molecular weight is 468 g/mol. The number of aromatic hydroxyl groups is 2. The van der Waals surface area contributed by atoms with Gasteiger partial charge in [0.25, 0.3) is 0 Å². The summed E-state index contributed by atoms with van der Waals surface area (Å²) in [7, 11) is 0. The van der Waals surface area contributed by atoms with Crippen molar-refractivity contribution >= 4 is 5.97 Å². The molecule has 1 heterocycles. The Labute approximate surface area is 199 Å². The van der Waals surface area contributed by atoms with E-state index < -0.39 is 0 Å². The van der Waals surface area contributed by atoms with Gasteiger partial charge in [0.15, 0.2) is 11.8 Å². The van der Waals surface area contributed by atoms with Crippen LogP contribution in [0.25, 0.3) is 0 Å². The molecule has 0 bridgehead atoms. The number of hydrogen-bond acceptors (Lipinski definition) is 6. The molecule has 1 aromatic heterocycles. The molecule has 0 amide bonds. The van der Waals surface area contributed by atoms with E-state index in [0.717, 1.165) is 51.4 Å². The molecule has 190 valence electrons. The molecule has 0 saturated heterocycles. The standard InChI is InChI=1S/C26H45NO6/c1-2-3-4-5-8-11-14-22(23-21-24(30)27(17-18-28)26(23)32)15-12-9-6-7-10-13-16-25(31)33-20-19-29/h12,15,21-22,28-30,32H,2-11,13-14,16-20H2,1H3. The number of rotatable bonds is 20. The summed E-state index contributed by atoms with van der Waals surface area (Å²) in [6.45, 7) is 2.16. The van der Waals surface area contributed by atoms with Gasteiger partial charge >= 0.3 is 5.97 Å². The highest BCUT2D eigenvalue weighted by molar-refractivity contribution is 5.69. The van der Waals surface area contributed by atoms with Crippen LogP contribution in [0.4, 0.5) is 0 Å². The smallest absolute Gasteiger partial charge is 0.305 e. The van der Waals surface area contributed by atoms with Crippen molar-refractivity contribution in [3.8, 4) is 11.8 Å². The fraction of sp³-hybridized carbons (Fsp3) is 0.731. The zero-order chi connectivity index (χ0) is 24.3. The third-order valence-electron chi connectivity index (χ3n) is 5.89. The Bertz CT molecular complexity index is 670. The molecular weight excluding hydrogens is 422 g/mol. The Hall–Kier alpha value is -1.99. The van der Waals surface area contributed by atoms with Gasteiger partial charge in [0.2, 0.25) is 0 Å². The van der Waals surface area contributed by atoms with Gasteiger partial charge in [-0.25, -0.2) is 0 Å². The summed E-state index contributed by atoms with van der Waals surface area (Å²) in [4.78, 5) is 11.4. The van der Waals surface area contributed by atoms with Gasteiger partial charge in [-0.1, -0.05) is 70.4 Å². The normalized spacial score (nSPS) is 12.5. The Balaban J connectivity index is 2.51.